The van der Waals surface area contributed by atoms with Crippen LogP contribution in [0.25, 0.3) is 0 Å². The molecular weight excluding hydrogens is 262 g/mol. The van der Waals surface area contributed by atoms with Gasteiger partial charge >= 0.3 is 0 Å². The van der Waals surface area contributed by atoms with Gasteiger partial charge in [0.2, 0.25) is 0 Å². The van der Waals surface area contributed by atoms with Gasteiger partial charge in [-0.15, -0.1) is 11.8 Å². The van der Waals surface area contributed by atoms with E-state index < -0.39 is 0 Å². The summed E-state index contributed by atoms with van der Waals surface area (Å²) in [5, 5.41) is 4.97. The van der Waals surface area contributed by atoms with Gasteiger partial charge in [-0.05, 0) is 49.9 Å². The Kier molecular flexibility index (Phi) is 4.99. The molecule has 1 N–H and O–H groups in total. The van der Waals surface area contributed by atoms with Crippen LogP contribution in [0.15, 0.2) is 29.2 Å². The molecule has 1 fully saturated rings. The molecule has 0 heterocycles. The molecule has 4 unspecified atom stereocenters. The Morgan fingerprint density at radius 3 is 2.72 bits per heavy atom. The van der Waals surface area contributed by atoms with Crippen molar-refractivity contribution in [1.82, 2.24) is 5.32 Å². The van der Waals surface area contributed by atoms with Crippen LogP contribution in [0.2, 0.25) is 5.02 Å². The predicted molar refractivity (Wildman–Crippen MR) is 81.5 cm³/mol. The Bertz CT molecular complexity index is 396. The van der Waals surface area contributed by atoms with Crippen LogP contribution in [0.1, 0.15) is 26.7 Å². The zero-order chi connectivity index (χ0) is 13.1. The lowest BCUT2D eigenvalue weighted by Gasteiger charge is -2.39. The molecule has 1 aromatic carbocycles. The summed E-state index contributed by atoms with van der Waals surface area (Å²) in [7, 11) is 2.08. The van der Waals surface area contributed by atoms with Crippen molar-refractivity contribution in [2.45, 2.75) is 42.9 Å². The fourth-order valence-electron chi connectivity index (χ4n) is 3.01. The Balaban J connectivity index is 2.10. The van der Waals surface area contributed by atoms with E-state index in [1.165, 1.54) is 17.7 Å². The molecule has 3 heteroatoms. The molecule has 100 valence electrons. The van der Waals surface area contributed by atoms with Gasteiger partial charge in [-0.1, -0.05) is 31.5 Å². The van der Waals surface area contributed by atoms with Crippen molar-refractivity contribution in [3.05, 3.63) is 29.3 Å². The van der Waals surface area contributed by atoms with E-state index >= 15 is 0 Å². The van der Waals surface area contributed by atoms with Crippen molar-refractivity contribution in [1.29, 1.82) is 0 Å². The maximum Gasteiger partial charge on any atom is 0.0417 e. The van der Waals surface area contributed by atoms with E-state index in [0.717, 1.165) is 16.9 Å². The second kappa shape index (κ2) is 6.31. The van der Waals surface area contributed by atoms with E-state index in [-0.39, 0.29) is 0 Å². The van der Waals surface area contributed by atoms with Crippen LogP contribution in [0.4, 0.5) is 0 Å². The minimum Gasteiger partial charge on any atom is -0.316 e. The zero-order valence-electron chi connectivity index (χ0n) is 11.3. The summed E-state index contributed by atoms with van der Waals surface area (Å²) in [5.74, 6) is 1.57. The van der Waals surface area contributed by atoms with Crippen LogP contribution in [-0.2, 0) is 0 Å². The van der Waals surface area contributed by atoms with E-state index in [4.69, 9.17) is 11.6 Å². The van der Waals surface area contributed by atoms with Crippen molar-refractivity contribution in [2.24, 2.45) is 11.8 Å². The smallest absolute Gasteiger partial charge is 0.0417 e. The molecule has 0 aromatic heterocycles. The number of benzene rings is 1. The topological polar surface area (TPSA) is 12.0 Å². The average molecular weight is 284 g/mol. The standard InChI is InChI=1S/C15H22ClNS/c1-10-7-11(2)15(14(8-10)17-3)18-13-6-4-5-12(16)9-13/h4-6,9-11,14-15,17H,7-8H2,1-3H3. The first-order valence-corrected chi connectivity index (χ1v) is 7.95. The van der Waals surface area contributed by atoms with Gasteiger partial charge in [-0.3, -0.25) is 0 Å². The second-order valence-electron chi connectivity index (χ2n) is 5.49. The number of halogens is 1. The first-order valence-electron chi connectivity index (χ1n) is 6.69. The van der Waals surface area contributed by atoms with E-state index in [9.17, 15) is 0 Å². The summed E-state index contributed by atoms with van der Waals surface area (Å²) in [6, 6.07) is 8.81. The monoisotopic (exact) mass is 283 g/mol. The molecule has 0 bridgehead atoms. The highest BCUT2D eigenvalue weighted by Gasteiger charge is 2.33. The van der Waals surface area contributed by atoms with Gasteiger partial charge < -0.3 is 5.32 Å². The lowest BCUT2D eigenvalue weighted by molar-refractivity contribution is 0.257. The normalized spacial score (nSPS) is 32.4. The second-order valence-corrected chi connectivity index (χ2v) is 7.18. The van der Waals surface area contributed by atoms with Gasteiger partial charge in [0.05, 0.1) is 0 Å². The quantitative estimate of drug-likeness (QED) is 0.879. The summed E-state index contributed by atoms with van der Waals surface area (Å²) in [5.41, 5.74) is 0. The predicted octanol–water partition coefficient (Wildman–Crippen LogP) is 4.45. The van der Waals surface area contributed by atoms with E-state index in [1.54, 1.807) is 0 Å². The molecule has 0 spiro atoms. The van der Waals surface area contributed by atoms with Gasteiger partial charge in [0, 0.05) is 21.2 Å². The van der Waals surface area contributed by atoms with Crippen LogP contribution in [0.5, 0.6) is 0 Å². The Labute approximate surface area is 120 Å². The molecule has 4 atom stereocenters. The van der Waals surface area contributed by atoms with Crippen LogP contribution < -0.4 is 5.32 Å². The first-order chi connectivity index (χ1) is 8.60. The molecule has 1 aliphatic rings. The zero-order valence-corrected chi connectivity index (χ0v) is 12.9. The first kappa shape index (κ1) is 14.2. The highest BCUT2D eigenvalue weighted by Crippen LogP contribution is 2.39. The van der Waals surface area contributed by atoms with Crippen molar-refractivity contribution < 1.29 is 0 Å². The Morgan fingerprint density at radius 1 is 1.28 bits per heavy atom. The lowest BCUT2D eigenvalue weighted by Crippen LogP contribution is -2.44. The van der Waals surface area contributed by atoms with Crippen LogP contribution in [-0.4, -0.2) is 18.3 Å². The third kappa shape index (κ3) is 3.43. The number of nitrogens with one attached hydrogen (secondary N) is 1. The number of hydrogen-bond acceptors (Lipinski definition) is 2. The van der Waals surface area contributed by atoms with Gasteiger partial charge in [0.1, 0.15) is 0 Å². The summed E-state index contributed by atoms with van der Waals surface area (Å²) >= 11 is 8.04. The average Bonchev–Trinajstić information content (AvgIpc) is 2.32. The van der Waals surface area contributed by atoms with Gasteiger partial charge in [-0.2, -0.15) is 0 Å². The Morgan fingerprint density at radius 2 is 2.06 bits per heavy atom. The van der Waals surface area contributed by atoms with Gasteiger partial charge in [0.15, 0.2) is 0 Å². The van der Waals surface area contributed by atoms with Gasteiger partial charge in [-0.25, -0.2) is 0 Å². The SMILES string of the molecule is CNC1CC(C)CC(C)C1Sc1cccc(Cl)c1. The van der Waals surface area contributed by atoms with Gasteiger partial charge in [0.25, 0.3) is 0 Å². The van der Waals surface area contributed by atoms with E-state index in [1.807, 2.05) is 23.9 Å². The maximum absolute atomic E-state index is 6.06. The number of hydrogen-bond donors (Lipinski definition) is 1. The molecule has 18 heavy (non-hydrogen) atoms. The number of thioether (sulfide) groups is 1. The van der Waals surface area contributed by atoms with Crippen molar-refractivity contribution in [3.8, 4) is 0 Å². The van der Waals surface area contributed by atoms with Crippen LogP contribution in [0.3, 0.4) is 0 Å². The minimum atomic E-state index is 0.604. The van der Waals surface area contributed by atoms with E-state index in [0.29, 0.717) is 11.3 Å². The minimum absolute atomic E-state index is 0.604. The van der Waals surface area contributed by atoms with Crippen molar-refractivity contribution in [3.63, 3.8) is 0 Å². The molecule has 0 aliphatic heterocycles. The van der Waals surface area contributed by atoms with Crippen molar-refractivity contribution in [2.75, 3.05) is 7.05 Å². The Hall–Kier alpha value is -0.180. The number of rotatable bonds is 3. The van der Waals surface area contributed by atoms with Crippen LogP contribution >= 0.6 is 23.4 Å². The molecule has 2 rings (SSSR count). The fraction of sp³-hybridized carbons (Fsp3) is 0.600. The highest BCUT2D eigenvalue weighted by atomic mass is 35.5. The molecular formula is C15H22ClNS. The summed E-state index contributed by atoms with van der Waals surface area (Å²) < 4.78 is 0. The molecule has 1 aromatic rings. The molecule has 0 radical (unpaired) electrons. The lowest BCUT2D eigenvalue weighted by atomic mass is 9.80. The maximum atomic E-state index is 6.06. The van der Waals surface area contributed by atoms with E-state index in [2.05, 4.69) is 38.3 Å². The largest absolute Gasteiger partial charge is 0.316 e. The summed E-state index contributed by atoms with van der Waals surface area (Å²) in [6.45, 7) is 4.74. The molecule has 0 amide bonds. The molecule has 1 nitrogen and oxygen atoms in total. The molecule has 1 saturated carbocycles. The fourth-order valence-corrected chi connectivity index (χ4v) is 4.68. The molecule has 1 aliphatic carbocycles. The molecule has 0 saturated heterocycles. The third-order valence-electron chi connectivity index (χ3n) is 3.83. The highest BCUT2D eigenvalue weighted by molar-refractivity contribution is 8.00. The van der Waals surface area contributed by atoms with Crippen molar-refractivity contribution >= 4 is 23.4 Å². The summed E-state index contributed by atoms with van der Waals surface area (Å²) in [6.07, 6.45) is 2.61. The van der Waals surface area contributed by atoms with Crippen LogP contribution in [0, 0.1) is 11.8 Å². The summed E-state index contributed by atoms with van der Waals surface area (Å²) in [4.78, 5) is 1.29. The third-order valence-corrected chi connectivity index (χ3v) is 5.65.